The van der Waals surface area contributed by atoms with Crippen molar-refractivity contribution in [3.8, 4) is 78.7 Å². The normalized spacial score (nSPS) is 13.0. The molecule has 0 saturated carbocycles. The number of hydrogen-bond donors (Lipinski definition) is 0. The van der Waals surface area contributed by atoms with Crippen LogP contribution in [0.1, 0.15) is 22.3 Å². The quantitative estimate of drug-likeness (QED) is 0.172. The third-order valence-electron chi connectivity index (χ3n) is 14.6. The minimum Gasteiger partial charge on any atom is -0.456 e. The van der Waals surface area contributed by atoms with E-state index < -0.39 is 5.41 Å². The summed E-state index contributed by atoms with van der Waals surface area (Å²) in [7, 11) is 0. The molecule has 5 heteroatoms. The Morgan fingerprint density at radius 1 is 0.275 bits per heavy atom. The number of furan rings is 2. The molecule has 5 nitrogen and oxygen atoms in total. The fourth-order valence-corrected chi connectivity index (χ4v) is 11.8. The van der Waals surface area contributed by atoms with E-state index in [-0.39, 0.29) is 0 Å². The lowest BCUT2D eigenvalue weighted by atomic mass is 9.68. The molecule has 1 spiro atoms. The second kappa shape index (κ2) is 14.4. The van der Waals surface area contributed by atoms with Gasteiger partial charge in [0.1, 0.15) is 22.3 Å². The van der Waals surface area contributed by atoms with Gasteiger partial charge in [0.15, 0.2) is 17.5 Å². The Bertz CT molecular complexity index is 4210. The van der Waals surface area contributed by atoms with E-state index in [1.807, 2.05) is 54.6 Å². The van der Waals surface area contributed by atoms with Crippen LogP contribution in [0.15, 0.2) is 233 Å². The highest BCUT2D eigenvalue weighted by molar-refractivity contribution is 6.14. The monoisotopic (exact) mass is 879 g/mol. The summed E-state index contributed by atoms with van der Waals surface area (Å²) in [4.78, 5) is 16.2. The van der Waals surface area contributed by atoms with Gasteiger partial charge in [0, 0.05) is 38.2 Å². The number of aromatic nitrogens is 3. The molecule has 0 saturated heterocycles. The molecule has 15 rings (SSSR count). The molecule has 3 aromatic heterocycles. The SMILES string of the molecule is c1ccc(-c2ccccc2-c2nc(-c3cccc4oc5ccccc5c34)nc(-c3cccc4oc5ccc(-c6cccc7c6C6(c8ccccc8-c8ccccc86)c6ccccc6-7)cc5c34)n2)cc1. The zero-order valence-corrected chi connectivity index (χ0v) is 37.0. The summed E-state index contributed by atoms with van der Waals surface area (Å²) >= 11 is 0. The molecule has 10 aromatic carbocycles. The average Bonchev–Trinajstić information content (AvgIpc) is 4.16. The lowest BCUT2D eigenvalue weighted by Crippen LogP contribution is -2.26. The Morgan fingerprint density at radius 2 is 0.710 bits per heavy atom. The molecule has 0 bridgehead atoms. The molecule has 69 heavy (non-hydrogen) atoms. The minimum absolute atomic E-state index is 0.495. The first-order chi connectivity index (χ1) is 34.2. The van der Waals surface area contributed by atoms with Crippen molar-refractivity contribution in [1.82, 2.24) is 15.0 Å². The zero-order valence-electron chi connectivity index (χ0n) is 37.0. The summed E-state index contributed by atoms with van der Waals surface area (Å²) in [6.45, 7) is 0. The van der Waals surface area contributed by atoms with Crippen LogP contribution in [0.5, 0.6) is 0 Å². The summed E-state index contributed by atoms with van der Waals surface area (Å²) < 4.78 is 13.1. The molecule has 320 valence electrons. The molecule has 0 N–H and O–H groups in total. The summed E-state index contributed by atoms with van der Waals surface area (Å²) in [5.74, 6) is 1.68. The van der Waals surface area contributed by atoms with Crippen molar-refractivity contribution in [3.63, 3.8) is 0 Å². The molecule has 2 aliphatic rings. The van der Waals surface area contributed by atoms with Crippen molar-refractivity contribution in [1.29, 1.82) is 0 Å². The van der Waals surface area contributed by atoms with Crippen LogP contribution >= 0.6 is 0 Å². The van der Waals surface area contributed by atoms with Gasteiger partial charge in [0.25, 0.3) is 0 Å². The van der Waals surface area contributed by atoms with E-state index in [2.05, 4.69) is 170 Å². The zero-order chi connectivity index (χ0) is 45.2. The van der Waals surface area contributed by atoms with Crippen molar-refractivity contribution in [3.05, 3.63) is 247 Å². The van der Waals surface area contributed by atoms with Gasteiger partial charge in [0.2, 0.25) is 0 Å². The van der Waals surface area contributed by atoms with Crippen LogP contribution < -0.4 is 0 Å². The van der Waals surface area contributed by atoms with Gasteiger partial charge in [-0.15, -0.1) is 0 Å². The Kier molecular flexibility index (Phi) is 7.93. The van der Waals surface area contributed by atoms with Gasteiger partial charge in [0.05, 0.1) is 5.41 Å². The maximum absolute atomic E-state index is 6.75. The summed E-state index contributed by atoms with van der Waals surface area (Å²) in [6, 6.07) is 79.6. The maximum atomic E-state index is 6.75. The predicted octanol–water partition coefficient (Wildman–Crippen LogP) is 16.3. The van der Waals surface area contributed by atoms with Crippen LogP contribution in [0.3, 0.4) is 0 Å². The number of benzene rings is 10. The van der Waals surface area contributed by atoms with Gasteiger partial charge >= 0.3 is 0 Å². The summed E-state index contributed by atoms with van der Waals surface area (Å²) in [5.41, 5.74) is 20.0. The van der Waals surface area contributed by atoms with Crippen LogP contribution in [0, 0.1) is 0 Å². The Labute approximate surface area is 396 Å². The van der Waals surface area contributed by atoms with Crippen molar-refractivity contribution in [2.24, 2.45) is 0 Å². The Balaban J connectivity index is 0.980. The fraction of sp³-hybridized carbons (Fsp3) is 0.0156. The molecule has 3 heterocycles. The Morgan fingerprint density at radius 3 is 1.36 bits per heavy atom. The van der Waals surface area contributed by atoms with E-state index in [1.54, 1.807) is 0 Å². The number of fused-ring (bicyclic) bond motifs is 16. The van der Waals surface area contributed by atoms with Gasteiger partial charge in [-0.05, 0) is 97.1 Å². The van der Waals surface area contributed by atoms with Gasteiger partial charge in [-0.25, -0.2) is 15.0 Å². The molecule has 0 radical (unpaired) electrons. The van der Waals surface area contributed by atoms with Crippen LogP contribution in [-0.2, 0) is 5.41 Å². The van der Waals surface area contributed by atoms with Crippen molar-refractivity contribution < 1.29 is 8.83 Å². The maximum Gasteiger partial charge on any atom is 0.164 e. The predicted molar refractivity (Wildman–Crippen MR) is 278 cm³/mol. The number of para-hydroxylation sites is 1. The van der Waals surface area contributed by atoms with Gasteiger partial charge < -0.3 is 8.83 Å². The van der Waals surface area contributed by atoms with Gasteiger partial charge in [-0.1, -0.05) is 194 Å². The van der Waals surface area contributed by atoms with Crippen molar-refractivity contribution in [2.45, 2.75) is 5.41 Å². The van der Waals surface area contributed by atoms with Crippen LogP contribution in [0.2, 0.25) is 0 Å². The number of hydrogen-bond acceptors (Lipinski definition) is 5. The molecule has 2 aliphatic carbocycles. The molecule has 0 unspecified atom stereocenters. The second-order valence-corrected chi connectivity index (χ2v) is 18.1. The standard InChI is InChI=1S/C64H37N3O2/c1-2-17-38(18-3-1)40-19-4-5-23-46(40)61-65-62(48-27-15-33-56-58(48)47-24-9-13-32-54(47)68-56)67-63(66-61)49-28-16-34-57-59(49)50-37-39(35-36-55(50)69-57)41-25-14-26-45-44-22-8-12-31-53(44)64(60(41)45)51-29-10-6-20-42(51)43-21-7-11-30-52(43)64/h1-37H. The van der Waals surface area contributed by atoms with Crippen molar-refractivity contribution in [2.75, 3.05) is 0 Å². The van der Waals surface area contributed by atoms with E-state index in [0.717, 1.165) is 77.3 Å². The molecule has 0 fully saturated rings. The van der Waals surface area contributed by atoms with E-state index in [9.17, 15) is 0 Å². The van der Waals surface area contributed by atoms with Gasteiger partial charge in [-0.3, -0.25) is 0 Å². The molecular formula is C64H37N3O2. The smallest absolute Gasteiger partial charge is 0.164 e. The van der Waals surface area contributed by atoms with Crippen LogP contribution in [-0.4, -0.2) is 15.0 Å². The van der Waals surface area contributed by atoms with Gasteiger partial charge in [-0.2, -0.15) is 0 Å². The van der Waals surface area contributed by atoms with E-state index in [0.29, 0.717) is 17.5 Å². The number of nitrogens with zero attached hydrogens (tertiary/aromatic N) is 3. The largest absolute Gasteiger partial charge is 0.456 e. The topological polar surface area (TPSA) is 65.0 Å². The van der Waals surface area contributed by atoms with Crippen LogP contribution in [0.25, 0.3) is 123 Å². The van der Waals surface area contributed by atoms with E-state index >= 15 is 0 Å². The first-order valence-electron chi connectivity index (χ1n) is 23.4. The highest BCUT2D eigenvalue weighted by Crippen LogP contribution is 2.64. The fourth-order valence-electron chi connectivity index (χ4n) is 11.8. The van der Waals surface area contributed by atoms with Crippen molar-refractivity contribution >= 4 is 43.9 Å². The molecule has 0 amide bonds. The third-order valence-corrected chi connectivity index (χ3v) is 14.6. The first-order valence-corrected chi connectivity index (χ1v) is 23.4. The lowest BCUT2D eigenvalue weighted by Gasteiger charge is -2.32. The average molecular weight is 880 g/mol. The summed E-state index contributed by atoms with van der Waals surface area (Å²) in [6.07, 6.45) is 0. The molecule has 0 atom stereocenters. The lowest BCUT2D eigenvalue weighted by molar-refractivity contribution is 0.668. The summed E-state index contributed by atoms with van der Waals surface area (Å²) in [5, 5.41) is 3.91. The Hall–Kier alpha value is -9.19. The molecular weight excluding hydrogens is 843 g/mol. The first kappa shape index (κ1) is 38.0. The highest BCUT2D eigenvalue weighted by atomic mass is 16.3. The van der Waals surface area contributed by atoms with E-state index in [1.165, 1.54) is 50.1 Å². The van der Waals surface area contributed by atoms with E-state index in [4.69, 9.17) is 23.8 Å². The molecule has 13 aromatic rings. The highest BCUT2D eigenvalue weighted by Gasteiger charge is 2.52. The molecule has 0 aliphatic heterocycles. The third kappa shape index (κ3) is 5.32. The minimum atomic E-state index is -0.495. The number of rotatable bonds is 5. The van der Waals surface area contributed by atoms with Crippen LogP contribution in [0.4, 0.5) is 0 Å². The second-order valence-electron chi connectivity index (χ2n) is 18.1.